The highest BCUT2D eigenvalue weighted by molar-refractivity contribution is 5.06. The van der Waals surface area contributed by atoms with Crippen LogP contribution in [0.1, 0.15) is 57.1 Å². The van der Waals surface area contributed by atoms with Crippen LogP contribution in [0.4, 0.5) is 0 Å². The van der Waals surface area contributed by atoms with Crippen LogP contribution in [0.25, 0.3) is 0 Å². The van der Waals surface area contributed by atoms with Crippen molar-refractivity contribution in [1.82, 2.24) is 14.9 Å². The zero-order valence-electron chi connectivity index (χ0n) is 12.0. The van der Waals surface area contributed by atoms with E-state index >= 15 is 0 Å². The molecule has 2 aliphatic carbocycles. The van der Waals surface area contributed by atoms with Crippen LogP contribution in [0.2, 0.25) is 0 Å². The van der Waals surface area contributed by atoms with E-state index in [-0.39, 0.29) is 11.2 Å². The summed E-state index contributed by atoms with van der Waals surface area (Å²) < 4.78 is 1.68. The van der Waals surface area contributed by atoms with Crippen LogP contribution in [0, 0.1) is 5.92 Å². The zero-order chi connectivity index (χ0) is 14.1. The molecule has 2 N–H and O–H groups in total. The highest BCUT2D eigenvalue weighted by Gasteiger charge is 2.25. The molecular formula is C15H23N3O2. The molecule has 20 heavy (non-hydrogen) atoms. The molecule has 0 saturated heterocycles. The van der Waals surface area contributed by atoms with E-state index in [2.05, 4.69) is 17.2 Å². The predicted molar refractivity (Wildman–Crippen MR) is 77.9 cm³/mol. The van der Waals surface area contributed by atoms with Crippen molar-refractivity contribution in [3.05, 3.63) is 32.6 Å². The second-order valence-corrected chi connectivity index (χ2v) is 6.37. The van der Waals surface area contributed by atoms with Crippen molar-refractivity contribution in [3.63, 3.8) is 0 Å². The largest absolute Gasteiger partial charge is 0.328 e. The monoisotopic (exact) mass is 277 g/mol. The minimum atomic E-state index is -0.274. The Labute approximate surface area is 118 Å². The van der Waals surface area contributed by atoms with Crippen molar-refractivity contribution >= 4 is 0 Å². The lowest BCUT2D eigenvalue weighted by atomic mass is 9.81. The molecule has 2 aliphatic rings. The van der Waals surface area contributed by atoms with Gasteiger partial charge in [-0.2, -0.15) is 0 Å². The maximum Gasteiger partial charge on any atom is 0.328 e. The molecule has 0 spiro atoms. The number of rotatable bonds is 6. The van der Waals surface area contributed by atoms with E-state index in [1.165, 1.54) is 25.7 Å². The van der Waals surface area contributed by atoms with Crippen LogP contribution >= 0.6 is 0 Å². The van der Waals surface area contributed by atoms with Gasteiger partial charge in [0.1, 0.15) is 0 Å². The molecule has 1 heterocycles. The van der Waals surface area contributed by atoms with Gasteiger partial charge in [-0.3, -0.25) is 14.3 Å². The first-order chi connectivity index (χ1) is 9.63. The van der Waals surface area contributed by atoms with Crippen molar-refractivity contribution in [1.29, 1.82) is 0 Å². The van der Waals surface area contributed by atoms with Crippen molar-refractivity contribution in [2.45, 2.75) is 64.1 Å². The van der Waals surface area contributed by atoms with Gasteiger partial charge in [-0.1, -0.05) is 19.3 Å². The first kappa shape index (κ1) is 13.6. The number of hydrogen-bond donors (Lipinski definition) is 2. The van der Waals surface area contributed by atoms with Crippen LogP contribution < -0.4 is 16.6 Å². The van der Waals surface area contributed by atoms with E-state index in [9.17, 15) is 9.59 Å². The minimum Gasteiger partial charge on any atom is -0.310 e. The third kappa shape index (κ3) is 3.03. The molecule has 2 fully saturated rings. The van der Waals surface area contributed by atoms with Gasteiger partial charge in [0.25, 0.3) is 5.56 Å². The zero-order valence-corrected chi connectivity index (χ0v) is 12.0. The Hall–Kier alpha value is -1.36. The summed E-state index contributed by atoms with van der Waals surface area (Å²) in [6.45, 7) is 2.71. The third-order valence-electron chi connectivity index (χ3n) is 4.53. The number of hydrogen-bond acceptors (Lipinski definition) is 3. The Morgan fingerprint density at radius 1 is 1.35 bits per heavy atom. The van der Waals surface area contributed by atoms with Gasteiger partial charge in [-0.25, -0.2) is 4.79 Å². The van der Waals surface area contributed by atoms with Gasteiger partial charge in [-0.15, -0.1) is 0 Å². The molecule has 0 bridgehead atoms. The predicted octanol–water partition coefficient (Wildman–Crippen LogP) is 1.54. The molecule has 5 nitrogen and oxygen atoms in total. The van der Waals surface area contributed by atoms with E-state index in [1.54, 1.807) is 10.8 Å². The standard InChI is InChI=1S/C15H23N3O2/c1-10(7-11-3-2-4-11)16-8-12-9-18(13-5-6-13)15(20)17-14(12)19/h9-11,13,16H,2-8H2,1H3,(H,17,19,20). The summed E-state index contributed by atoms with van der Waals surface area (Å²) in [5.41, 5.74) is 0.135. The summed E-state index contributed by atoms with van der Waals surface area (Å²) in [7, 11) is 0. The van der Waals surface area contributed by atoms with Gasteiger partial charge in [0.15, 0.2) is 0 Å². The molecule has 5 heteroatoms. The first-order valence-corrected chi connectivity index (χ1v) is 7.71. The fraction of sp³-hybridized carbons (Fsp3) is 0.733. The molecule has 3 rings (SSSR count). The van der Waals surface area contributed by atoms with Crippen LogP contribution in [0.5, 0.6) is 0 Å². The smallest absolute Gasteiger partial charge is 0.310 e. The molecule has 1 aromatic heterocycles. The molecule has 0 amide bonds. The third-order valence-corrected chi connectivity index (χ3v) is 4.53. The van der Waals surface area contributed by atoms with Crippen LogP contribution in [0.15, 0.2) is 15.8 Å². The first-order valence-electron chi connectivity index (χ1n) is 7.71. The Kier molecular flexibility index (Phi) is 3.78. The Morgan fingerprint density at radius 3 is 2.70 bits per heavy atom. The Morgan fingerprint density at radius 2 is 2.10 bits per heavy atom. The van der Waals surface area contributed by atoms with Crippen molar-refractivity contribution in [3.8, 4) is 0 Å². The van der Waals surface area contributed by atoms with E-state index in [4.69, 9.17) is 0 Å². The minimum absolute atomic E-state index is 0.254. The van der Waals surface area contributed by atoms with Crippen LogP contribution in [-0.2, 0) is 6.54 Å². The van der Waals surface area contributed by atoms with Gasteiger partial charge in [0, 0.05) is 30.4 Å². The van der Waals surface area contributed by atoms with E-state index in [0.717, 1.165) is 18.8 Å². The molecule has 110 valence electrons. The molecule has 2 saturated carbocycles. The van der Waals surface area contributed by atoms with Crippen molar-refractivity contribution < 1.29 is 0 Å². The quantitative estimate of drug-likeness (QED) is 0.829. The molecular weight excluding hydrogens is 254 g/mol. The molecule has 0 aliphatic heterocycles. The fourth-order valence-electron chi connectivity index (χ4n) is 2.87. The maximum absolute atomic E-state index is 11.8. The van der Waals surface area contributed by atoms with Crippen LogP contribution in [0.3, 0.4) is 0 Å². The molecule has 1 aromatic rings. The molecule has 1 atom stereocenters. The average molecular weight is 277 g/mol. The summed E-state index contributed by atoms with van der Waals surface area (Å²) >= 11 is 0. The Bertz CT molecular complexity index is 582. The fourth-order valence-corrected chi connectivity index (χ4v) is 2.87. The van der Waals surface area contributed by atoms with E-state index in [0.29, 0.717) is 24.2 Å². The lowest BCUT2D eigenvalue weighted by molar-refractivity contribution is 0.265. The van der Waals surface area contributed by atoms with Gasteiger partial charge >= 0.3 is 5.69 Å². The highest BCUT2D eigenvalue weighted by atomic mass is 16.2. The molecule has 0 radical (unpaired) electrons. The topological polar surface area (TPSA) is 66.9 Å². The summed E-state index contributed by atoms with van der Waals surface area (Å²) in [4.78, 5) is 25.9. The number of aromatic amines is 1. The average Bonchev–Trinajstić information content (AvgIpc) is 3.17. The summed E-state index contributed by atoms with van der Waals surface area (Å²) in [5, 5.41) is 3.41. The van der Waals surface area contributed by atoms with Crippen molar-refractivity contribution in [2.24, 2.45) is 5.92 Å². The maximum atomic E-state index is 11.8. The lowest BCUT2D eigenvalue weighted by Crippen LogP contribution is -2.35. The number of nitrogens with zero attached hydrogens (tertiary/aromatic N) is 1. The normalized spacial score (nSPS) is 20.6. The van der Waals surface area contributed by atoms with Gasteiger partial charge in [0.05, 0.1) is 0 Å². The summed E-state index contributed by atoms with van der Waals surface area (Å²) in [6, 6.07) is 0.714. The lowest BCUT2D eigenvalue weighted by Gasteiger charge is -2.28. The van der Waals surface area contributed by atoms with Gasteiger partial charge in [-0.05, 0) is 32.1 Å². The highest BCUT2D eigenvalue weighted by Crippen LogP contribution is 2.33. The molecule has 0 aromatic carbocycles. The molecule has 1 unspecified atom stereocenters. The second-order valence-electron chi connectivity index (χ2n) is 6.37. The van der Waals surface area contributed by atoms with Crippen LogP contribution in [-0.4, -0.2) is 15.6 Å². The van der Waals surface area contributed by atoms with E-state index < -0.39 is 0 Å². The number of aromatic nitrogens is 2. The van der Waals surface area contributed by atoms with Crippen molar-refractivity contribution in [2.75, 3.05) is 0 Å². The number of H-pyrrole nitrogens is 1. The van der Waals surface area contributed by atoms with E-state index in [1.807, 2.05) is 0 Å². The Balaban J connectivity index is 1.62. The van der Waals surface area contributed by atoms with Gasteiger partial charge in [0.2, 0.25) is 0 Å². The number of nitrogens with one attached hydrogen (secondary N) is 2. The second kappa shape index (κ2) is 5.56. The summed E-state index contributed by atoms with van der Waals surface area (Å²) in [6.07, 6.45) is 9.05. The van der Waals surface area contributed by atoms with Gasteiger partial charge < -0.3 is 5.32 Å². The SMILES string of the molecule is CC(CC1CCC1)NCc1cn(C2CC2)c(=O)[nH]c1=O. The summed E-state index contributed by atoms with van der Waals surface area (Å²) in [5.74, 6) is 0.858.